The van der Waals surface area contributed by atoms with Gasteiger partial charge in [0.25, 0.3) is 5.17 Å². The van der Waals surface area contributed by atoms with Crippen LogP contribution in [0.3, 0.4) is 0 Å². The molecule has 0 bridgehead atoms. The van der Waals surface area contributed by atoms with Gasteiger partial charge in [0, 0.05) is 14.1 Å². The monoisotopic (exact) mass is 267 g/mol. The van der Waals surface area contributed by atoms with Crippen LogP contribution in [0.15, 0.2) is 24.3 Å². The van der Waals surface area contributed by atoms with Crippen molar-refractivity contribution in [3.63, 3.8) is 0 Å². The second-order valence-corrected chi connectivity index (χ2v) is 4.75. The average Bonchev–Trinajstić information content (AvgIpc) is 2.77. The zero-order chi connectivity index (χ0) is 13.2. The molecule has 0 saturated carbocycles. The summed E-state index contributed by atoms with van der Waals surface area (Å²) >= 11 is 5.15. The maximum Gasteiger partial charge on any atom is 0.264 e. The fourth-order valence-corrected chi connectivity index (χ4v) is 1.88. The van der Waals surface area contributed by atoms with E-state index >= 15 is 0 Å². The van der Waals surface area contributed by atoms with Crippen molar-refractivity contribution in [2.75, 3.05) is 27.3 Å². The van der Waals surface area contributed by atoms with Crippen molar-refractivity contribution in [1.29, 1.82) is 0 Å². The van der Waals surface area contributed by atoms with E-state index in [2.05, 4.69) is 0 Å². The highest BCUT2D eigenvalue weighted by Crippen LogP contribution is 2.36. The molecular formula is C13H17NO3S. The van der Waals surface area contributed by atoms with E-state index < -0.39 is 5.79 Å². The van der Waals surface area contributed by atoms with Crippen LogP contribution < -0.4 is 4.74 Å². The number of para-hydroxylation sites is 1. The van der Waals surface area contributed by atoms with Gasteiger partial charge in [-0.1, -0.05) is 12.1 Å². The number of nitrogens with zero attached hydrogens (tertiary/aromatic N) is 1. The number of hydrogen-bond donors (Lipinski definition) is 0. The van der Waals surface area contributed by atoms with Crippen molar-refractivity contribution in [2.45, 2.75) is 12.7 Å². The van der Waals surface area contributed by atoms with Gasteiger partial charge in [0.05, 0.1) is 18.8 Å². The highest BCUT2D eigenvalue weighted by Gasteiger charge is 2.36. The van der Waals surface area contributed by atoms with Gasteiger partial charge in [0.15, 0.2) is 5.79 Å². The predicted molar refractivity (Wildman–Crippen MR) is 72.6 cm³/mol. The Kier molecular flexibility index (Phi) is 3.85. The maximum atomic E-state index is 5.68. The smallest absolute Gasteiger partial charge is 0.264 e. The number of ether oxygens (including phenoxy) is 3. The van der Waals surface area contributed by atoms with Crippen molar-refractivity contribution in [1.82, 2.24) is 4.90 Å². The lowest BCUT2D eigenvalue weighted by Gasteiger charge is -2.25. The van der Waals surface area contributed by atoms with E-state index in [1.54, 1.807) is 4.90 Å². The van der Waals surface area contributed by atoms with Gasteiger partial charge in [0.1, 0.15) is 5.75 Å². The number of rotatable bonds is 2. The Morgan fingerprint density at radius 1 is 1.28 bits per heavy atom. The summed E-state index contributed by atoms with van der Waals surface area (Å²) in [6.07, 6.45) is 0. The molecule has 1 fully saturated rings. The summed E-state index contributed by atoms with van der Waals surface area (Å²) in [6.45, 7) is 3.06. The Morgan fingerprint density at radius 3 is 2.50 bits per heavy atom. The van der Waals surface area contributed by atoms with Gasteiger partial charge in [-0.05, 0) is 31.3 Å². The van der Waals surface area contributed by atoms with Gasteiger partial charge in [0.2, 0.25) is 0 Å². The quantitative estimate of drug-likeness (QED) is 0.766. The summed E-state index contributed by atoms with van der Waals surface area (Å²) < 4.78 is 17.0. The SMILES string of the molecule is CN(C)C(=S)Oc1ccccc1C1(C)OCCO1. The van der Waals surface area contributed by atoms with Crippen LogP contribution in [0.4, 0.5) is 0 Å². The second-order valence-electron chi connectivity index (χ2n) is 4.40. The fraction of sp³-hybridized carbons (Fsp3) is 0.462. The Hall–Kier alpha value is -1.17. The van der Waals surface area contributed by atoms with Gasteiger partial charge in [-0.2, -0.15) is 0 Å². The second kappa shape index (κ2) is 5.22. The first-order valence-electron chi connectivity index (χ1n) is 5.79. The zero-order valence-corrected chi connectivity index (χ0v) is 11.6. The van der Waals surface area contributed by atoms with E-state index in [-0.39, 0.29) is 0 Å². The normalized spacial score (nSPS) is 17.5. The molecule has 4 nitrogen and oxygen atoms in total. The van der Waals surface area contributed by atoms with Gasteiger partial charge >= 0.3 is 0 Å². The summed E-state index contributed by atoms with van der Waals surface area (Å²) in [6, 6.07) is 7.62. The summed E-state index contributed by atoms with van der Waals surface area (Å²) in [5, 5.41) is 0.407. The third kappa shape index (κ3) is 2.63. The van der Waals surface area contributed by atoms with E-state index in [1.807, 2.05) is 45.3 Å². The molecule has 1 aromatic rings. The topological polar surface area (TPSA) is 30.9 Å². The maximum absolute atomic E-state index is 5.68. The van der Waals surface area contributed by atoms with Crippen molar-refractivity contribution in [3.8, 4) is 5.75 Å². The molecule has 5 heteroatoms. The number of hydrogen-bond acceptors (Lipinski definition) is 4. The highest BCUT2D eigenvalue weighted by molar-refractivity contribution is 7.80. The molecule has 1 saturated heterocycles. The summed E-state index contributed by atoms with van der Waals surface area (Å²) in [5.41, 5.74) is 0.853. The molecule has 0 spiro atoms. The van der Waals surface area contributed by atoms with Crippen LogP contribution in [-0.4, -0.2) is 37.4 Å². The molecule has 0 N–H and O–H groups in total. The molecule has 1 heterocycles. The van der Waals surface area contributed by atoms with Crippen LogP contribution in [0.5, 0.6) is 5.75 Å². The van der Waals surface area contributed by atoms with E-state index in [0.717, 1.165) is 5.56 Å². The van der Waals surface area contributed by atoms with Crippen LogP contribution in [-0.2, 0) is 15.3 Å². The standard InChI is InChI=1S/C13H17NO3S/c1-13(15-8-9-16-13)10-6-4-5-7-11(10)17-12(18)14(2)3/h4-7H,8-9H2,1-3H3. The molecule has 0 atom stereocenters. The van der Waals surface area contributed by atoms with Crippen LogP contribution in [0.2, 0.25) is 0 Å². The van der Waals surface area contributed by atoms with Gasteiger partial charge in [-0.15, -0.1) is 0 Å². The molecule has 18 heavy (non-hydrogen) atoms. The first-order chi connectivity index (χ1) is 8.53. The fourth-order valence-electron chi connectivity index (χ4n) is 1.79. The Labute approximate surface area is 112 Å². The zero-order valence-electron chi connectivity index (χ0n) is 10.8. The minimum Gasteiger partial charge on any atom is -0.431 e. The van der Waals surface area contributed by atoms with E-state index in [1.165, 1.54) is 0 Å². The third-order valence-electron chi connectivity index (χ3n) is 2.78. The minimum absolute atomic E-state index is 0.407. The van der Waals surface area contributed by atoms with E-state index in [0.29, 0.717) is 24.1 Å². The van der Waals surface area contributed by atoms with Crippen molar-refractivity contribution >= 4 is 17.4 Å². The van der Waals surface area contributed by atoms with Crippen LogP contribution in [0, 0.1) is 0 Å². The summed E-state index contributed by atoms with van der Waals surface area (Å²) in [7, 11) is 3.68. The largest absolute Gasteiger partial charge is 0.431 e. The molecule has 0 aliphatic carbocycles. The Morgan fingerprint density at radius 2 is 1.89 bits per heavy atom. The lowest BCUT2D eigenvalue weighted by molar-refractivity contribution is -0.150. The van der Waals surface area contributed by atoms with Crippen LogP contribution in [0.1, 0.15) is 12.5 Å². The molecule has 0 aromatic heterocycles. The summed E-state index contributed by atoms with van der Waals surface area (Å²) in [5.74, 6) is -0.0842. The average molecular weight is 267 g/mol. The molecule has 1 aliphatic heterocycles. The number of thiocarbonyl (C=S) groups is 1. The van der Waals surface area contributed by atoms with Crippen LogP contribution >= 0.6 is 12.2 Å². The lowest BCUT2D eigenvalue weighted by atomic mass is 10.1. The molecule has 1 aliphatic rings. The summed E-state index contributed by atoms with van der Waals surface area (Å²) in [4.78, 5) is 1.74. The van der Waals surface area contributed by atoms with Gasteiger partial charge < -0.3 is 19.1 Å². The molecule has 1 aromatic carbocycles. The molecular weight excluding hydrogens is 250 g/mol. The minimum atomic E-state index is -0.751. The lowest BCUT2D eigenvalue weighted by Crippen LogP contribution is -2.28. The first-order valence-corrected chi connectivity index (χ1v) is 6.20. The predicted octanol–water partition coefficient (Wildman–Crippen LogP) is 2.13. The van der Waals surface area contributed by atoms with Crippen molar-refractivity contribution in [3.05, 3.63) is 29.8 Å². The molecule has 2 rings (SSSR count). The molecule has 0 amide bonds. The van der Waals surface area contributed by atoms with Gasteiger partial charge in [-0.3, -0.25) is 0 Å². The third-order valence-corrected chi connectivity index (χ3v) is 3.23. The molecule has 0 unspecified atom stereocenters. The van der Waals surface area contributed by atoms with Crippen molar-refractivity contribution in [2.24, 2.45) is 0 Å². The molecule has 98 valence electrons. The van der Waals surface area contributed by atoms with Crippen molar-refractivity contribution < 1.29 is 14.2 Å². The number of benzene rings is 1. The first kappa shape index (κ1) is 13.3. The molecule has 0 radical (unpaired) electrons. The van der Waals surface area contributed by atoms with Crippen LogP contribution in [0.25, 0.3) is 0 Å². The van der Waals surface area contributed by atoms with E-state index in [4.69, 9.17) is 26.4 Å². The van der Waals surface area contributed by atoms with E-state index in [9.17, 15) is 0 Å². The van der Waals surface area contributed by atoms with Gasteiger partial charge in [-0.25, -0.2) is 0 Å². The Bertz CT molecular complexity index is 442. The highest BCUT2D eigenvalue weighted by atomic mass is 32.1. The Balaban J connectivity index is 2.28.